The first kappa shape index (κ1) is 15.3. The van der Waals surface area contributed by atoms with Gasteiger partial charge in [-0.1, -0.05) is 12.1 Å². The molecule has 0 radical (unpaired) electrons. The number of rotatable bonds is 7. The number of hydrogen-bond donors (Lipinski definition) is 1. The molecule has 0 spiro atoms. The molecule has 1 aliphatic heterocycles. The number of ether oxygens (including phenoxy) is 1. The van der Waals surface area contributed by atoms with Gasteiger partial charge in [0.2, 0.25) is 0 Å². The molecule has 1 fully saturated rings. The number of aliphatic hydroxyl groups is 1. The molecule has 1 aromatic rings. The normalized spacial score (nSPS) is 17.3. The Kier molecular flexibility index (Phi) is 6.30. The minimum Gasteiger partial charge on any atom is -0.491 e. The third-order valence-corrected chi connectivity index (χ3v) is 3.82. The highest BCUT2D eigenvalue weighted by Crippen LogP contribution is 2.13. The molecule has 4 nitrogen and oxygen atoms in total. The Bertz CT molecular complexity index is 373. The van der Waals surface area contributed by atoms with Gasteiger partial charge >= 0.3 is 0 Å². The van der Waals surface area contributed by atoms with Crippen LogP contribution in [0.1, 0.15) is 12.0 Å². The van der Waals surface area contributed by atoms with E-state index in [-0.39, 0.29) is 6.61 Å². The summed E-state index contributed by atoms with van der Waals surface area (Å²) in [5.41, 5.74) is 1.36. The Morgan fingerprint density at radius 1 is 1.10 bits per heavy atom. The molecule has 0 bridgehead atoms. The van der Waals surface area contributed by atoms with Crippen molar-refractivity contribution in [3.8, 4) is 5.75 Å². The molecule has 0 unspecified atom stereocenters. The summed E-state index contributed by atoms with van der Waals surface area (Å²) in [5, 5.41) is 8.71. The summed E-state index contributed by atoms with van der Waals surface area (Å²) < 4.78 is 5.36. The first-order chi connectivity index (χ1) is 9.78. The van der Waals surface area contributed by atoms with Gasteiger partial charge in [0.05, 0.1) is 6.61 Å². The molecule has 0 saturated carbocycles. The predicted octanol–water partition coefficient (Wildman–Crippen LogP) is 1.24. The van der Waals surface area contributed by atoms with E-state index in [4.69, 9.17) is 9.84 Å². The number of likely N-dealkylation sites (N-methyl/N-ethyl adjacent to an activating group) is 1. The lowest BCUT2D eigenvalue weighted by Gasteiger charge is -2.32. The van der Waals surface area contributed by atoms with Crippen LogP contribution in [0.3, 0.4) is 0 Å². The van der Waals surface area contributed by atoms with E-state index in [1.165, 1.54) is 44.7 Å². The lowest BCUT2D eigenvalue weighted by atomic mass is 10.1. The molecule has 0 atom stereocenters. The second-order valence-electron chi connectivity index (χ2n) is 5.46. The number of nitrogens with zero attached hydrogens (tertiary/aromatic N) is 2. The standard InChI is InChI=1S/C16H26N2O2/c1-17-9-11-18(12-10-17)8-2-3-15-4-6-16(7-5-15)20-14-13-19/h4-7,19H,2-3,8-14H2,1H3. The van der Waals surface area contributed by atoms with Crippen LogP contribution in [0, 0.1) is 0 Å². The van der Waals surface area contributed by atoms with Crippen LogP contribution in [0.2, 0.25) is 0 Å². The minimum atomic E-state index is 0.0623. The topological polar surface area (TPSA) is 35.9 Å². The van der Waals surface area contributed by atoms with Crippen LogP contribution < -0.4 is 4.74 Å². The summed E-state index contributed by atoms with van der Waals surface area (Å²) in [4.78, 5) is 4.94. The van der Waals surface area contributed by atoms with E-state index >= 15 is 0 Å². The minimum absolute atomic E-state index is 0.0623. The van der Waals surface area contributed by atoms with Gasteiger partial charge in [-0.2, -0.15) is 0 Å². The molecule has 1 aromatic carbocycles. The molecule has 1 N–H and O–H groups in total. The molecule has 1 saturated heterocycles. The molecule has 0 aromatic heterocycles. The van der Waals surface area contributed by atoms with Gasteiger partial charge in [0.15, 0.2) is 0 Å². The van der Waals surface area contributed by atoms with Crippen molar-refractivity contribution < 1.29 is 9.84 Å². The summed E-state index contributed by atoms with van der Waals surface area (Å²) in [5.74, 6) is 0.835. The highest BCUT2D eigenvalue weighted by Gasteiger charge is 2.12. The third kappa shape index (κ3) is 5.12. The quantitative estimate of drug-likeness (QED) is 0.814. The van der Waals surface area contributed by atoms with Gasteiger partial charge in [0, 0.05) is 26.2 Å². The number of benzene rings is 1. The smallest absolute Gasteiger partial charge is 0.119 e. The zero-order valence-corrected chi connectivity index (χ0v) is 12.4. The van der Waals surface area contributed by atoms with Crippen LogP contribution in [-0.2, 0) is 6.42 Å². The molecule has 1 aliphatic rings. The van der Waals surface area contributed by atoms with Crippen LogP contribution in [0.25, 0.3) is 0 Å². The second kappa shape index (κ2) is 8.25. The number of aryl methyl sites for hydroxylation is 1. The van der Waals surface area contributed by atoms with E-state index in [9.17, 15) is 0 Å². The summed E-state index contributed by atoms with van der Waals surface area (Å²) in [7, 11) is 2.19. The Labute approximate surface area is 122 Å². The van der Waals surface area contributed by atoms with E-state index in [0.717, 1.165) is 12.2 Å². The first-order valence-corrected chi connectivity index (χ1v) is 7.51. The van der Waals surface area contributed by atoms with E-state index in [0.29, 0.717) is 6.61 Å². The molecule has 0 aliphatic carbocycles. The zero-order chi connectivity index (χ0) is 14.2. The van der Waals surface area contributed by atoms with Gasteiger partial charge in [-0.05, 0) is 44.1 Å². The Balaban J connectivity index is 1.66. The molecule has 2 rings (SSSR count). The van der Waals surface area contributed by atoms with Gasteiger partial charge in [0.25, 0.3) is 0 Å². The van der Waals surface area contributed by atoms with Gasteiger partial charge in [-0.3, -0.25) is 0 Å². The average molecular weight is 278 g/mol. The van der Waals surface area contributed by atoms with Gasteiger partial charge < -0.3 is 19.6 Å². The number of aliphatic hydroxyl groups excluding tert-OH is 1. The van der Waals surface area contributed by atoms with Crippen molar-refractivity contribution in [3.05, 3.63) is 29.8 Å². The Morgan fingerprint density at radius 2 is 1.80 bits per heavy atom. The summed E-state index contributed by atoms with van der Waals surface area (Å²) in [6.45, 7) is 6.40. The van der Waals surface area contributed by atoms with Crippen molar-refractivity contribution in [2.24, 2.45) is 0 Å². The lowest BCUT2D eigenvalue weighted by Crippen LogP contribution is -2.44. The fourth-order valence-corrected chi connectivity index (χ4v) is 2.49. The Hall–Kier alpha value is -1.10. The molecule has 1 heterocycles. The van der Waals surface area contributed by atoms with Crippen LogP contribution in [0.15, 0.2) is 24.3 Å². The maximum Gasteiger partial charge on any atom is 0.119 e. The monoisotopic (exact) mass is 278 g/mol. The van der Waals surface area contributed by atoms with Crippen molar-refractivity contribution in [1.82, 2.24) is 9.80 Å². The highest BCUT2D eigenvalue weighted by atomic mass is 16.5. The Morgan fingerprint density at radius 3 is 2.45 bits per heavy atom. The van der Waals surface area contributed by atoms with E-state index < -0.39 is 0 Å². The molecule has 0 amide bonds. The maximum atomic E-state index is 8.71. The van der Waals surface area contributed by atoms with Crippen molar-refractivity contribution >= 4 is 0 Å². The van der Waals surface area contributed by atoms with Crippen LogP contribution in [0.5, 0.6) is 5.75 Å². The zero-order valence-electron chi connectivity index (χ0n) is 12.4. The SMILES string of the molecule is CN1CCN(CCCc2ccc(OCCO)cc2)CC1. The summed E-state index contributed by atoms with van der Waals surface area (Å²) >= 11 is 0. The van der Waals surface area contributed by atoms with Gasteiger partial charge in [-0.15, -0.1) is 0 Å². The fraction of sp³-hybridized carbons (Fsp3) is 0.625. The van der Waals surface area contributed by atoms with Crippen molar-refractivity contribution in [2.75, 3.05) is 53.0 Å². The summed E-state index contributed by atoms with van der Waals surface area (Å²) in [6.07, 6.45) is 2.33. The largest absolute Gasteiger partial charge is 0.491 e. The molecular weight excluding hydrogens is 252 g/mol. The van der Waals surface area contributed by atoms with Crippen molar-refractivity contribution in [3.63, 3.8) is 0 Å². The molecule has 4 heteroatoms. The van der Waals surface area contributed by atoms with Crippen LogP contribution >= 0.6 is 0 Å². The third-order valence-electron chi connectivity index (χ3n) is 3.82. The summed E-state index contributed by atoms with van der Waals surface area (Å²) in [6, 6.07) is 8.22. The number of piperazine rings is 1. The number of hydrogen-bond acceptors (Lipinski definition) is 4. The lowest BCUT2D eigenvalue weighted by molar-refractivity contribution is 0.153. The average Bonchev–Trinajstić information content (AvgIpc) is 2.48. The van der Waals surface area contributed by atoms with E-state index in [1.807, 2.05) is 12.1 Å². The van der Waals surface area contributed by atoms with E-state index in [1.54, 1.807) is 0 Å². The first-order valence-electron chi connectivity index (χ1n) is 7.51. The van der Waals surface area contributed by atoms with Crippen molar-refractivity contribution in [1.29, 1.82) is 0 Å². The predicted molar refractivity (Wildman–Crippen MR) is 81.3 cm³/mol. The van der Waals surface area contributed by atoms with Gasteiger partial charge in [0.1, 0.15) is 12.4 Å². The molecular formula is C16H26N2O2. The fourth-order valence-electron chi connectivity index (χ4n) is 2.49. The molecule has 20 heavy (non-hydrogen) atoms. The van der Waals surface area contributed by atoms with Crippen LogP contribution in [-0.4, -0.2) is 67.9 Å². The van der Waals surface area contributed by atoms with Crippen LogP contribution in [0.4, 0.5) is 0 Å². The van der Waals surface area contributed by atoms with Crippen molar-refractivity contribution in [2.45, 2.75) is 12.8 Å². The molecule has 112 valence electrons. The van der Waals surface area contributed by atoms with E-state index in [2.05, 4.69) is 29.0 Å². The maximum absolute atomic E-state index is 8.71. The van der Waals surface area contributed by atoms with Gasteiger partial charge in [-0.25, -0.2) is 0 Å². The second-order valence-corrected chi connectivity index (χ2v) is 5.46. The highest BCUT2D eigenvalue weighted by molar-refractivity contribution is 5.27.